The number of carboxylic acids is 1. The molecule has 3 atom stereocenters. The van der Waals surface area contributed by atoms with Crippen LogP contribution < -0.4 is 9.47 Å². The zero-order chi connectivity index (χ0) is 22.8. The molecule has 1 heterocycles. The third-order valence-electron chi connectivity index (χ3n) is 6.01. The van der Waals surface area contributed by atoms with Gasteiger partial charge < -0.3 is 19.7 Å². The topological polar surface area (TPSA) is 76.0 Å². The molecule has 4 rings (SSSR count). The average Bonchev–Trinajstić information content (AvgIpc) is 2.82. The lowest BCUT2D eigenvalue weighted by atomic mass is 9.92. The van der Waals surface area contributed by atoms with Crippen LogP contribution in [0.1, 0.15) is 42.2 Å². The summed E-state index contributed by atoms with van der Waals surface area (Å²) in [5.41, 5.74) is 3.72. The van der Waals surface area contributed by atoms with Crippen LogP contribution in [0.4, 0.5) is 4.39 Å². The molecule has 1 aliphatic heterocycles. The van der Waals surface area contributed by atoms with E-state index in [2.05, 4.69) is 0 Å². The van der Waals surface area contributed by atoms with Gasteiger partial charge in [-0.2, -0.15) is 0 Å². The van der Waals surface area contributed by atoms with Crippen LogP contribution in [0.2, 0.25) is 0 Å². The molecule has 3 aromatic rings. The Morgan fingerprint density at radius 1 is 1.12 bits per heavy atom. The number of carbonyl (C=O) groups is 1. The summed E-state index contributed by atoms with van der Waals surface area (Å²) in [6.07, 6.45) is 0.291. The van der Waals surface area contributed by atoms with E-state index in [4.69, 9.17) is 9.47 Å². The van der Waals surface area contributed by atoms with Crippen LogP contribution in [-0.2, 0) is 11.2 Å². The molecule has 5 nitrogen and oxygen atoms in total. The van der Waals surface area contributed by atoms with Gasteiger partial charge in [0.2, 0.25) is 0 Å². The molecule has 0 aromatic heterocycles. The van der Waals surface area contributed by atoms with Gasteiger partial charge in [-0.05, 0) is 66.3 Å². The van der Waals surface area contributed by atoms with Crippen LogP contribution in [0.15, 0.2) is 60.7 Å². The van der Waals surface area contributed by atoms with Gasteiger partial charge in [-0.1, -0.05) is 36.4 Å². The third-order valence-corrected chi connectivity index (χ3v) is 6.01. The minimum Gasteiger partial charge on any atom is -0.497 e. The first kappa shape index (κ1) is 21.8. The fourth-order valence-corrected chi connectivity index (χ4v) is 3.96. The molecule has 0 aliphatic carbocycles. The lowest BCUT2D eigenvalue weighted by Gasteiger charge is -2.28. The summed E-state index contributed by atoms with van der Waals surface area (Å²) in [5.74, 6) is -1.05. The van der Waals surface area contributed by atoms with Crippen molar-refractivity contribution in [3.8, 4) is 22.6 Å². The first-order valence-corrected chi connectivity index (χ1v) is 10.5. The number of aliphatic carboxylic acids is 1. The number of hydrogen-bond donors (Lipinski definition) is 2. The average molecular weight is 436 g/mol. The summed E-state index contributed by atoms with van der Waals surface area (Å²) in [5, 5.41) is 19.5. The van der Waals surface area contributed by atoms with Crippen molar-refractivity contribution in [2.24, 2.45) is 5.92 Å². The van der Waals surface area contributed by atoms with Gasteiger partial charge in [-0.15, -0.1) is 0 Å². The molecule has 0 fully saturated rings. The van der Waals surface area contributed by atoms with Gasteiger partial charge in [-0.25, -0.2) is 4.39 Å². The predicted octanol–water partition coefficient (Wildman–Crippen LogP) is 5.32. The molecule has 166 valence electrons. The van der Waals surface area contributed by atoms with Crippen LogP contribution >= 0.6 is 0 Å². The monoisotopic (exact) mass is 436 g/mol. The number of aliphatic hydroxyl groups excluding tert-OH is 1. The number of rotatable bonds is 6. The lowest BCUT2D eigenvalue weighted by Crippen LogP contribution is -2.20. The highest BCUT2D eigenvalue weighted by Crippen LogP contribution is 2.38. The summed E-state index contributed by atoms with van der Waals surface area (Å²) < 4.78 is 25.7. The zero-order valence-corrected chi connectivity index (χ0v) is 17.9. The molecule has 0 saturated heterocycles. The van der Waals surface area contributed by atoms with Crippen molar-refractivity contribution < 1.29 is 28.9 Å². The van der Waals surface area contributed by atoms with Gasteiger partial charge in [-0.3, -0.25) is 4.79 Å². The number of halogens is 1. The second-order valence-corrected chi connectivity index (χ2v) is 8.05. The number of carboxylic acid groups (broad SMARTS) is 1. The summed E-state index contributed by atoms with van der Waals surface area (Å²) in [7, 11) is 1.55. The molecular weight excluding hydrogens is 411 g/mol. The van der Waals surface area contributed by atoms with Crippen LogP contribution in [0.3, 0.4) is 0 Å². The fraction of sp³-hybridized carbons (Fsp3) is 0.269. The first-order valence-electron chi connectivity index (χ1n) is 10.5. The lowest BCUT2D eigenvalue weighted by molar-refractivity contribution is -0.145. The second-order valence-electron chi connectivity index (χ2n) is 8.05. The van der Waals surface area contributed by atoms with Crippen molar-refractivity contribution >= 4 is 5.97 Å². The molecule has 32 heavy (non-hydrogen) atoms. The fourth-order valence-electron chi connectivity index (χ4n) is 3.96. The maximum absolute atomic E-state index is 14.3. The summed E-state index contributed by atoms with van der Waals surface area (Å²) >= 11 is 0. The standard InChI is InChI=1S/C26H25FO5/c1-15(26(29)30)25(28)19-8-7-18-9-12-23(32-24(18)13-19)17-5-3-16(4-6-17)21-14-20(31-2)10-11-22(21)27/h3-8,10-11,13-15,23,25,28H,9,12H2,1-2H3,(H,29,30)/t15?,23?,25-/m1/s1. The van der Waals surface area contributed by atoms with E-state index in [0.29, 0.717) is 22.6 Å². The number of benzene rings is 3. The second kappa shape index (κ2) is 9.01. The Hall–Kier alpha value is -3.38. The van der Waals surface area contributed by atoms with Gasteiger partial charge in [0.25, 0.3) is 0 Å². The Labute approximate surface area is 186 Å². The van der Waals surface area contributed by atoms with Gasteiger partial charge in [0.05, 0.1) is 19.1 Å². The Morgan fingerprint density at radius 2 is 1.88 bits per heavy atom. The first-order chi connectivity index (χ1) is 15.4. The highest BCUT2D eigenvalue weighted by molar-refractivity contribution is 5.70. The van der Waals surface area contributed by atoms with E-state index in [1.165, 1.54) is 13.0 Å². The summed E-state index contributed by atoms with van der Waals surface area (Å²) in [6, 6.07) is 17.6. The number of aryl methyl sites for hydroxylation is 1. The molecule has 6 heteroatoms. The minimum atomic E-state index is -1.11. The largest absolute Gasteiger partial charge is 0.497 e. The predicted molar refractivity (Wildman–Crippen MR) is 118 cm³/mol. The van der Waals surface area contributed by atoms with Crippen LogP contribution in [0, 0.1) is 11.7 Å². The molecule has 0 saturated carbocycles. The molecule has 0 radical (unpaired) electrons. The Bertz CT molecular complexity index is 1130. The number of methoxy groups -OCH3 is 1. The number of ether oxygens (including phenoxy) is 2. The Morgan fingerprint density at radius 3 is 2.56 bits per heavy atom. The van der Waals surface area contributed by atoms with Crippen LogP contribution in [0.25, 0.3) is 11.1 Å². The summed E-state index contributed by atoms with van der Waals surface area (Å²) in [6.45, 7) is 1.48. The van der Waals surface area contributed by atoms with Crippen molar-refractivity contribution in [1.29, 1.82) is 0 Å². The molecular formula is C26H25FO5. The van der Waals surface area contributed by atoms with Gasteiger partial charge in [0, 0.05) is 5.56 Å². The normalized spacial score (nSPS) is 17.1. The summed E-state index contributed by atoms with van der Waals surface area (Å²) in [4.78, 5) is 11.2. The minimum absolute atomic E-state index is 0.184. The highest BCUT2D eigenvalue weighted by atomic mass is 19.1. The van der Waals surface area contributed by atoms with E-state index in [9.17, 15) is 19.4 Å². The molecule has 2 N–H and O–H groups in total. The number of hydrogen-bond acceptors (Lipinski definition) is 4. The van der Waals surface area contributed by atoms with E-state index in [0.717, 1.165) is 29.5 Å². The van der Waals surface area contributed by atoms with Crippen molar-refractivity contribution in [3.05, 3.63) is 83.2 Å². The van der Waals surface area contributed by atoms with Crippen molar-refractivity contribution in [1.82, 2.24) is 0 Å². The Kier molecular flexibility index (Phi) is 6.15. The Balaban J connectivity index is 1.55. The SMILES string of the molecule is COc1ccc(F)c(-c2ccc(C3CCc4ccc([C@H](O)C(C)C(=O)O)cc4O3)cc2)c1. The molecule has 0 bridgehead atoms. The molecule has 3 aromatic carbocycles. The molecule has 2 unspecified atom stereocenters. The van der Waals surface area contributed by atoms with Crippen molar-refractivity contribution in [2.75, 3.05) is 7.11 Å². The number of fused-ring (bicyclic) bond motifs is 1. The maximum atomic E-state index is 14.3. The van der Waals surface area contributed by atoms with Crippen molar-refractivity contribution in [3.63, 3.8) is 0 Å². The maximum Gasteiger partial charge on any atom is 0.309 e. The van der Waals surface area contributed by atoms with Crippen LogP contribution in [-0.4, -0.2) is 23.3 Å². The smallest absolute Gasteiger partial charge is 0.309 e. The van der Waals surface area contributed by atoms with Gasteiger partial charge in [0.1, 0.15) is 23.4 Å². The van der Waals surface area contributed by atoms with E-state index in [-0.39, 0.29) is 11.9 Å². The molecule has 0 amide bonds. The van der Waals surface area contributed by atoms with E-state index < -0.39 is 18.0 Å². The van der Waals surface area contributed by atoms with E-state index in [1.54, 1.807) is 31.4 Å². The van der Waals surface area contributed by atoms with Crippen molar-refractivity contribution in [2.45, 2.75) is 32.0 Å². The van der Waals surface area contributed by atoms with Gasteiger partial charge in [0.15, 0.2) is 0 Å². The quantitative estimate of drug-likeness (QED) is 0.547. The molecule has 1 aliphatic rings. The van der Waals surface area contributed by atoms with Gasteiger partial charge >= 0.3 is 5.97 Å². The highest BCUT2D eigenvalue weighted by Gasteiger charge is 2.26. The van der Waals surface area contributed by atoms with Crippen LogP contribution in [0.5, 0.6) is 11.5 Å². The third kappa shape index (κ3) is 4.32. The van der Waals surface area contributed by atoms with E-state index >= 15 is 0 Å². The number of aliphatic hydroxyl groups is 1. The zero-order valence-electron chi connectivity index (χ0n) is 17.9. The van der Waals surface area contributed by atoms with E-state index in [1.807, 2.05) is 30.3 Å². The molecule has 0 spiro atoms.